The molecule has 4 aliphatic heterocycles. The largest absolute Gasteiger partial charge is 0.482 e. The number of nitrogens with zero attached hydrogens (tertiary/aromatic N) is 7. The Morgan fingerprint density at radius 2 is 1.86 bits per heavy atom. The predicted octanol–water partition coefficient (Wildman–Crippen LogP) is 5.04. The highest BCUT2D eigenvalue weighted by atomic mass is 19.4. The second-order valence-electron chi connectivity index (χ2n) is 15.5. The van der Waals surface area contributed by atoms with Gasteiger partial charge in [-0.1, -0.05) is 30.4 Å². The number of alkyl halides is 3. The Kier molecular flexibility index (Phi) is 10.1. The molecule has 0 amide bonds. The lowest BCUT2D eigenvalue weighted by atomic mass is 9.72. The summed E-state index contributed by atoms with van der Waals surface area (Å²) in [6.45, 7) is 11.4. The number of β-amino-alcohol motifs (C(OH)–C–C–N with tert-alkyl or cyclic N) is 1. The summed E-state index contributed by atoms with van der Waals surface area (Å²) in [6.07, 6.45) is 7.76. The maximum Gasteiger partial charge on any atom is 0.422 e. The van der Waals surface area contributed by atoms with E-state index in [1.807, 2.05) is 25.2 Å². The maximum absolute atomic E-state index is 13.9. The molecule has 1 aromatic heterocycles. The zero-order valence-corrected chi connectivity index (χ0v) is 30.1. The number of halogens is 3. The number of allylic oxidation sites excluding steroid dienone is 5. The van der Waals surface area contributed by atoms with Gasteiger partial charge in [-0.2, -0.15) is 23.3 Å². The maximum atomic E-state index is 13.9. The van der Waals surface area contributed by atoms with Crippen molar-refractivity contribution >= 4 is 28.9 Å². The van der Waals surface area contributed by atoms with Crippen LogP contribution >= 0.6 is 0 Å². The number of rotatable bonds is 12. The number of fused-ring (bicyclic) bond motifs is 1. The summed E-state index contributed by atoms with van der Waals surface area (Å²) in [5.41, 5.74) is 6.97. The molecule has 2 N–H and O–H groups in total. The molecule has 1 spiro atoms. The molecule has 1 aliphatic carbocycles. The van der Waals surface area contributed by atoms with Crippen molar-refractivity contribution in [1.82, 2.24) is 25.2 Å². The standard InChI is InChI=1S/C38H51F3N8O2/c1-25(6-5-7-26(2)18-43-42-3)16-31-30(27-8-9-27)17-32-33(34(31)51-24-38(39,40)41)44-36(49-19-28(20-49)48-13-10-29(50)21-48)45-35(32)47-14-11-37(12-15-47)22-46(4)23-37/h5-7,17-18,27-29,42,50H,2,8-16,19-24H2,1,3-4H3/b7-5-,25-6-,43-18-. The van der Waals surface area contributed by atoms with Crippen molar-refractivity contribution in [3.63, 3.8) is 0 Å². The molecule has 0 radical (unpaired) electrons. The molecular formula is C38H51F3N8O2. The number of hydrogen-bond donors (Lipinski definition) is 2. The van der Waals surface area contributed by atoms with Crippen LogP contribution in [0.4, 0.5) is 24.9 Å². The molecule has 1 unspecified atom stereocenters. The normalized spacial score (nSPS) is 23.5. The zero-order chi connectivity index (χ0) is 35.9. The van der Waals surface area contributed by atoms with Crippen LogP contribution in [0, 0.1) is 5.41 Å². The number of aromatic nitrogens is 2. The number of nitrogens with one attached hydrogen (secondary N) is 1. The fourth-order valence-corrected chi connectivity index (χ4v) is 8.32. The van der Waals surface area contributed by atoms with Gasteiger partial charge in [-0.05, 0) is 81.0 Å². The first-order chi connectivity index (χ1) is 24.4. The highest BCUT2D eigenvalue weighted by Gasteiger charge is 2.44. The van der Waals surface area contributed by atoms with Gasteiger partial charge >= 0.3 is 6.18 Å². The van der Waals surface area contributed by atoms with Gasteiger partial charge in [-0.15, -0.1) is 0 Å². The number of anilines is 2. The zero-order valence-electron chi connectivity index (χ0n) is 30.1. The van der Waals surface area contributed by atoms with E-state index in [0.717, 1.165) is 92.7 Å². The third-order valence-corrected chi connectivity index (χ3v) is 11.1. The summed E-state index contributed by atoms with van der Waals surface area (Å²) >= 11 is 0. The Morgan fingerprint density at radius 3 is 2.49 bits per heavy atom. The topological polar surface area (TPSA) is 92.6 Å². The molecule has 4 saturated heterocycles. The van der Waals surface area contributed by atoms with Gasteiger partial charge in [0, 0.05) is 76.4 Å². The summed E-state index contributed by atoms with van der Waals surface area (Å²) in [5, 5.41) is 14.9. The van der Waals surface area contributed by atoms with E-state index in [1.54, 1.807) is 13.3 Å². The molecule has 5 aliphatic rings. The number of hydrogen-bond acceptors (Lipinski definition) is 10. The van der Waals surface area contributed by atoms with Crippen LogP contribution in [0.1, 0.15) is 56.1 Å². The monoisotopic (exact) mass is 708 g/mol. The number of benzene rings is 1. The summed E-state index contributed by atoms with van der Waals surface area (Å²) in [6, 6.07) is 2.44. The van der Waals surface area contributed by atoms with Gasteiger partial charge in [0.15, 0.2) is 6.61 Å². The minimum atomic E-state index is -4.51. The van der Waals surface area contributed by atoms with Crippen molar-refractivity contribution in [2.45, 2.75) is 69.7 Å². The van der Waals surface area contributed by atoms with Gasteiger partial charge in [0.2, 0.25) is 5.95 Å². The average molecular weight is 709 g/mol. The van der Waals surface area contributed by atoms with E-state index >= 15 is 0 Å². The lowest BCUT2D eigenvalue weighted by molar-refractivity contribution is -0.153. The van der Waals surface area contributed by atoms with Crippen LogP contribution in [0.2, 0.25) is 0 Å². The fourth-order valence-electron chi connectivity index (χ4n) is 8.32. The second-order valence-corrected chi connectivity index (χ2v) is 15.5. The van der Waals surface area contributed by atoms with E-state index in [9.17, 15) is 18.3 Å². The molecule has 276 valence electrons. The number of piperidine rings is 1. The van der Waals surface area contributed by atoms with Crippen molar-refractivity contribution in [3.05, 3.63) is 53.1 Å². The van der Waals surface area contributed by atoms with Crippen LogP contribution in [0.25, 0.3) is 10.9 Å². The van der Waals surface area contributed by atoms with Gasteiger partial charge in [-0.25, -0.2) is 4.98 Å². The van der Waals surface area contributed by atoms with Crippen LogP contribution in [-0.2, 0) is 6.42 Å². The summed E-state index contributed by atoms with van der Waals surface area (Å²) in [4.78, 5) is 19.4. The second kappa shape index (κ2) is 14.4. The molecule has 2 aromatic rings. The van der Waals surface area contributed by atoms with Gasteiger partial charge in [0.25, 0.3) is 0 Å². The minimum Gasteiger partial charge on any atom is -0.482 e. The van der Waals surface area contributed by atoms with E-state index in [2.05, 4.69) is 49.8 Å². The molecule has 1 atom stereocenters. The van der Waals surface area contributed by atoms with Crippen molar-refractivity contribution < 1.29 is 23.0 Å². The highest BCUT2D eigenvalue weighted by Crippen LogP contribution is 2.49. The Bertz CT molecular complexity index is 1700. The van der Waals surface area contributed by atoms with Crippen LogP contribution in [0.5, 0.6) is 5.75 Å². The van der Waals surface area contributed by atoms with Crippen molar-refractivity contribution in [2.75, 3.05) is 82.9 Å². The van der Waals surface area contributed by atoms with E-state index in [0.29, 0.717) is 48.5 Å². The SMILES string of the molecule is C=C(/C=C\C=C(\C)Cc1c(C2CC2)cc2c(N3CCC4(CC3)CN(C)C4)nc(N3CC(N4CCC(O)C4)C3)nc2c1OCC(F)(F)F)/C=N\NC. The van der Waals surface area contributed by atoms with Crippen molar-refractivity contribution in [3.8, 4) is 5.75 Å². The molecule has 13 heteroatoms. The summed E-state index contributed by atoms with van der Waals surface area (Å²) in [5.74, 6) is 1.79. The van der Waals surface area contributed by atoms with Crippen LogP contribution in [-0.4, -0.2) is 122 Å². The first kappa shape index (κ1) is 35.7. The predicted molar refractivity (Wildman–Crippen MR) is 196 cm³/mol. The lowest BCUT2D eigenvalue weighted by Gasteiger charge is -2.53. The molecule has 1 saturated carbocycles. The van der Waals surface area contributed by atoms with Gasteiger partial charge < -0.3 is 30.0 Å². The highest BCUT2D eigenvalue weighted by molar-refractivity contribution is 5.96. The molecule has 10 nitrogen and oxygen atoms in total. The third kappa shape index (κ3) is 8.05. The van der Waals surface area contributed by atoms with Gasteiger partial charge in [-0.3, -0.25) is 4.90 Å². The first-order valence-corrected chi connectivity index (χ1v) is 18.3. The Labute approximate surface area is 298 Å². The summed E-state index contributed by atoms with van der Waals surface area (Å²) < 4.78 is 47.5. The molecule has 7 rings (SSSR count). The molecule has 1 aromatic carbocycles. The van der Waals surface area contributed by atoms with Crippen LogP contribution in [0.15, 0.2) is 47.1 Å². The Balaban J connectivity index is 1.29. The molecule has 5 heterocycles. The van der Waals surface area contributed by atoms with E-state index in [-0.39, 0.29) is 23.8 Å². The van der Waals surface area contributed by atoms with E-state index in [4.69, 9.17) is 14.7 Å². The smallest absolute Gasteiger partial charge is 0.422 e. The van der Waals surface area contributed by atoms with E-state index in [1.165, 1.54) is 0 Å². The average Bonchev–Trinajstić information content (AvgIpc) is 3.81. The van der Waals surface area contributed by atoms with E-state index < -0.39 is 12.8 Å². The van der Waals surface area contributed by atoms with Crippen LogP contribution in [0.3, 0.4) is 0 Å². The number of ether oxygens (including phenoxy) is 1. The third-order valence-electron chi connectivity index (χ3n) is 11.1. The number of aliphatic hydroxyl groups is 1. The first-order valence-electron chi connectivity index (χ1n) is 18.3. The molecule has 0 bridgehead atoms. The molecule has 5 fully saturated rings. The fraction of sp³-hybridized carbons (Fsp3) is 0.605. The quantitative estimate of drug-likeness (QED) is 0.179. The van der Waals surface area contributed by atoms with Crippen LogP contribution < -0.4 is 20.0 Å². The summed E-state index contributed by atoms with van der Waals surface area (Å²) in [7, 11) is 3.87. The van der Waals surface area contributed by atoms with Crippen molar-refractivity contribution in [1.29, 1.82) is 0 Å². The lowest BCUT2D eigenvalue weighted by Crippen LogP contribution is -2.60. The van der Waals surface area contributed by atoms with Gasteiger partial charge in [0.05, 0.1) is 12.3 Å². The molecule has 51 heavy (non-hydrogen) atoms. The van der Waals surface area contributed by atoms with Crippen molar-refractivity contribution in [2.24, 2.45) is 10.5 Å². The van der Waals surface area contributed by atoms with Gasteiger partial charge in [0.1, 0.15) is 17.1 Å². The number of aliphatic hydroxyl groups excluding tert-OH is 1. The Hall–Kier alpha value is -3.68. The number of hydrazone groups is 1. The minimum absolute atomic E-state index is 0.216. The number of likely N-dealkylation sites (tertiary alicyclic amines) is 2. The molecular weight excluding hydrogens is 657 g/mol. The Morgan fingerprint density at radius 1 is 1.12 bits per heavy atom.